The van der Waals surface area contributed by atoms with E-state index in [9.17, 15) is 4.79 Å². The van der Waals surface area contributed by atoms with Gasteiger partial charge >= 0.3 is 0 Å². The summed E-state index contributed by atoms with van der Waals surface area (Å²) in [6.45, 7) is 2.11. The van der Waals surface area contributed by atoms with Gasteiger partial charge in [0.15, 0.2) is 0 Å². The van der Waals surface area contributed by atoms with Crippen molar-refractivity contribution in [3.8, 4) is 22.8 Å². The predicted octanol–water partition coefficient (Wildman–Crippen LogP) is 6.84. The van der Waals surface area contributed by atoms with E-state index >= 15 is 0 Å². The van der Waals surface area contributed by atoms with E-state index in [0.29, 0.717) is 27.9 Å². The van der Waals surface area contributed by atoms with E-state index < -0.39 is 0 Å². The summed E-state index contributed by atoms with van der Waals surface area (Å²) in [4.78, 5) is 21.5. The van der Waals surface area contributed by atoms with Crippen molar-refractivity contribution in [1.82, 2.24) is 9.97 Å². The number of halogens is 1. The molecule has 7 heteroatoms. The van der Waals surface area contributed by atoms with Gasteiger partial charge in [-0.25, -0.2) is 9.97 Å². The zero-order valence-corrected chi connectivity index (χ0v) is 19.8. The lowest BCUT2D eigenvalue weighted by Crippen LogP contribution is -2.12. The third kappa shape index (κ3) is 5.53. The number of pyridine rings is 2. The molecule has 0 atom stereocenters. The lowest BCUT2D eigenvalue weighted by Gasteiger charge is -2.13. The first-order valence-electron chi connectivity index (χ1n) is 11.0. The minimum atomic E-state index is -0.230. The largest absolute Gasteiger partial charge is 0.438 e. The van der Waals surface area contributed by atoms with Crippen LogP contribution in [0.5, 0.6) is 11.6 Å². The number of carbonyl (C=O) groups is 1. The van der Waals surface area contributed by atoms with Crippen LogP contribution in [0.15, 0.2) is 79.1 Å². The molecule has 0 saturated heterocycles. The summed E-state index contributed by atoms with van der Waals surface area (Å²) in [5, 5.41) is 6.35. The molecule has 0 unspecified atom stereocenters. The number of amides is 1. The second-order valence-electron chi connectivity index (χ2n) is 7.68. The van der Waals surface area contributed by atoms with Crippen molar-refractivity contribution in [2.45, 2.75) is 19.8 Å². The van der Waals surface area contributed by atoms with Gasteiger partial charge in [-0.05, 0) is 66.1 Å². The number of aromatic nitrogens is 2. The molecule has 2 aromatic heterocycles. The summed E-state index contributed by atoms with van der Waals surface area (Å²) in [5.41, 5.74) is 3.90. The Kier molecular flexibility index (Phi) is 7.40. The Labute approximate surface area is 204 Å². The SMILES string of the molecule is CCCc1cccc(C(=O)Nc2cc(Oc3ncccc3-c3ccnc(NC)c3)ccc2Cl)c1. The Bertz CT molecular complexity index is 1310. The fourth-order valence-corrected chi connectivity index (χ4v) is 3.72. The molecule has 172 valence electrons. The molecular weight excluding hydrogens is 448 g/mol. The second kappa shape index (κ2) is 10.8. The highest BCUT2D eigenvalue weighted by Crippen LogP contribution is 2.34. The molecule has 34 heavy (non-hydrogen) atoms. The summed E-state index contributed by atoms with van der Waals surface area (Å²) in [6.07, 6.45) is 5.33. The van der Waals surface area contributed by atoms with Crippen LogP contribution in [0, 0.1) is 0 Å². The van der Waals surface area contributed by atoms with Gasteiger partial charge < -0.3 is 15.4 Å². The molecule has 2 N–H and O–H groups in total. The smallest absolute Gasteiger partial charge is 0.255 e. The van der Waals surface area contributed by atoms with E-state index in [0.717, 1.165) is 35.3 Å². The Morgan fingerprint density at radius 3 is 2.71 bits per heavy atom. The van der Waals surface area contributed by atoms with E-state index in [4.69, 9.17) is 16.3 Å². The fraction of sp³-hybridized carbons (Fsp3) is 0.148. The second-order valence-corrected chi connectivity index (χ2v) is 8.09. The molecule has 2 heterocycles. The first kappa shape index (κ1) is 23.3. The Hall–Kier alpha value is -3.90. The van der Waals surface area contributed by atoms with E-state index in [-0.39, 0.29) is 5.91 Å². The van der Waals surface area contributed by atoms with Gasteiger partial charge in [0.1, 0.15) is 11.6 Å². The van der Waals surface area contributed by atoms with Crippen LogP contribution >= 0.6 is 11.6 Å². The molecule has 0 saturated carbocycles. The minimum absolute atomic E-state index is 0.230. The molecule has 6 nitrogen and oxygen atoms in total. The van der Waals surface area contributed by atoms with Gasteiger partial charge in [0.25, 0.3) is 5.91 Å². The van der Waals surface area contributed by atoms with Gasteiger partial charge in [-0.1, -0.05) is 37.1 Å². The topological polar surface area (TPSA) is 76.1 Å². The molecule has 2 aromatic carbocycles. The lowest BCUT2D eigenvalue weighted by molar-refractivity contribution is 0.102. The van der Waals surface area contributed by atoms with E-state index in [2.05, 4.69) is 27.5 Å². The van der Waals surface area contributed by atoms with Crippen LogP contribution < -0.4 is 15.4 Å². The van der Waals surface area contributed by atoms with Crippen molar-refractivity contribution < 1.29 is 9.53 Å². The summed E-state index contributed by atoms with van der Waals surface area (Å²) < 4.78 is 6.11. The average molecular weight is 473 g/mol. The Morgan fingerprint density at radius 1 is 1.00 bits per heavy atom. The van der Waals surface area contributed by atoms with Crippen molar-refractivity contribution in [3.05, 3.63) is 95.3 Å². The number of anilines is 2. The van der Waals surface area contributed by atoms with Gasteiger partial charge in [0.05, 0.1) is 10.7 Å². The van der Waals surface area contributed by atoms with Crippen molar-refractivity contribution in [1.29, 1.82) is 0 Å². The number of carbonyl (C=O) groups excluding carboxylic acids is 1. The molecule has 0 aliphatic rings. The van der Waals surface area contributed by atoms with Crippen molar-refractivity contribution in [2.75, 3.05) is 17.7 Å². The number of nitrogens with one attached hydrogen (secondary N) is 2. The monoisotopic (exact) mass is 472 g/mol. The maximum Gasteiger partial charge on any atom is 0.255 e. The molecule has 0 spiro atoms. The lowest BCUT2D eigenvalue weighted by atomic mass is 10.1. The van der Waals surface area contributed by atoms with Crippen molar-refractivity contribution in [3.63, 3.8) is 0 Å². The van der Waals surface area contributed by atoms with Crippen LogP contribution in [-0.4, -0.2) is 22.9 Å². The van der Waals surface area contributed by atoms with Gasteiger partial charge in [0.2, 0.25) is 5.88 Å². The average Bonchev–Trinajstić information content (AvgIpc) is 2.87. The summed E-state index contributed by atoms with van der Waals surface area (Å²) in [6, 6.07) is 20.3. The molecule has 0 bridgehead atoms. The third-order valence-electron chi connectivity index (χ3n) is 5.23. The van der Waals surface area contributed by atoms with Crippen LogP contribution in [0.4, 0.5) is 11.5 Å². The first-order chi connectivity index (χ1) is 16.6. The van der Waals surface area contributed by atoms with Crippen molar-refractivity contribution in [2.24, 2.45) is 0 Å². The van der Waals surface area contributed by atoms with Gasteiger partial charge in [0, 0.05) is 36.6 Å². The Morgan fingerprint density at radius 2 is 1.88 bits per heavy atom. The number of hydrogen-bond donors (Lipinski definition) is 2. The summed E-state index contributed by atoms with van der Waals surface area (Å²) in [7, 11) is 1.82. The van der Waals surface area contributed by atoms with Gasteiger partial charge in [-0.2, -0.15) is 0 Å². The third-order valence-corrected chi connectivity index (χ3v) is 5.56. The first-order valence-corrected chi connectivity index (χ1v) is 11.4. The normalized spacial score (nSPS) is 10.6. The number of aryl methyl sites for hydroxylation is 1. The number of nitrogens with zero attached hydrogens (tertiary/aromatic N) is 2. The number of ether oxygens (including phenoxy) is 1. The molecule has 0 radical (unpaired) electrons. The highest BCUT2D eigenvalue weighted by molar-refractivity contribution is 6.34. The van der Waals surface area contributed by atoms with Gasteiger partial charge in [-0.15, -0.1) is 0 Å². The maximum absolute atomic E-state index is 12.9. The van der Waals surface area contributed by atoms with Crippen LogP contribution in [0.3, 0.4) is 0 Å². The molecular formula is C27H25ClN4O2. The molecule has 0 aliphatic carbocycles. The minimum Gasteiger partial charge on any atom is -0.438 e. The van der Waals surface area contributed by atoms with E-state index in [1.165, 1.54) is 0 Å². The maximum atomic E-state index is 12.9. The van der Waals surface area contributed by atoms with Crippen LogP contribution in [0.1, 0.15) is 29.3 Å². The number of rotatable bonds is 8. The van der Waals surface area contributed by atoms with Crippen molar-refractivity contribution >= 4 is 29.0 Å². The summed E-state index contributed by atoms with van der Waals surface area (Å²) in [5.74, 6) is 1.45. The molecule has 1 amide bonds. The van der Waals surface area contributed by atoms with E-state index in [1.807, 2.05) is 49.5 Å². The number of hydrogen-bond acceptors (Lipinski definition) is 5. The van der Waals surface area contributed by atoms with Crippen LogP contribution in [-0.2, 0) is 6.42 Å². The summed E-state index contributed by atoms with van der Waals surface area (Å²) >= 11 is 6.37. The number of benzene rings is 2. The highest BCUT2D eigenvalue weighted by Gasteiger charge is 2.13. The van der Waals surface area contributed by atoms with Crippen LogP contribution in [0.2, 0.25) is 5.02 Å². The Balaban J connectivity index is 1.58. The van der Waals surface area contributed by atoms with E-state index in [1.54, 1.807) is 36.7 Å². The predicted molar refractivity (Wildman–Crippen MR) is 137 cm³/mol. The zero-order valence-electron chi connectivity index (χ0n) is 19.0. The quantitative estimate of drug-likeness (QED) is 0.293. The molecule has 4 rings (SSSR count). The zero-order chi connectivity index (χ0) is 23.9. The molecule has 4 aromatic rings. The standard InChI is InChI=1S/C27H25ClN4O2/c1-3-6-18-7-4-8-20(15-18)26(33)32-24-17-21(10-11-23(24)28)34-27-22(9-5-13-31-27)19-12-14-30-25(16-19)29-2/h4-5,7-17H,3,6H2,1-2H3,(H,29,30)(H,32,33). The van der Waals surface area contributed by atoms with Crippen LogP contribution in [0.25, 0.3) is 11.1 Å². The fourth-order valence-electron chi connectivity index (χ4n) is 3.55. The highest BCUT2D eigenvalue weighted by atomic mass is 35.5. The molecule has 0 fully saturated rings. The molecule has 0 aliphatic heterocycles. The van der Waals surface area contributed by atoms with Gasteiger partial charge in [-0.3, -0.25) is 4.79 Å².